The summed E-state index contributed by atoms with van der Waals surface area (Å²) in [5, 5.41) is 8.00. The number of carbonyl (C=O) groups excluding carboxylic acids is 2. The smallest absolute Gasteiger partial charge is 0.238 e. The van der Waals surface area contributed by atoms with E-state index >= 15 is 0 Å². The van der Waals surface area contributed by atoms with Crippen LogP contribution < -0.4 is 10.5 Å². The highest BCUT2D eigenvalue weighted by molar-refractivity contribution is 7.89. The van der Waals surface area contributed by atoms with Gasteiger partial charge in [-0.05, 0) is 69.5 Å². The van der Waals surface area contributed by atoms with Crippen molar-refractivity contribution >= 4 is 21.7 Å². The molecule has 0 aliphatic carbocycles. The first-order valence-electron chi connectivity index (χ1n) is 10.9. The number of primary sulfonamides is 1. The fourth-order valence-electron chi connectivity index (χ4n) is 4.11. The van der Waals surface area contributed by atoms with Gasteiger partial charge in [-0.25, -0.2) is 13.6 Å². The van der Waals surface area contributed by atoms with Gasteiger partial charge in [-0.15, -0.1) is 0 Å². The number of nitrogens with zero attached hydrogens (tertiary/aromatic N) is 1. The van der Waals surface area contributed by atoms with Gasteiger partial charge in [-0.1, -0.05) is 35.9 Å². The molecule has 172 valence electrons. The van der Waals surface area contributed by atoms with E-state index in [4.69, 9.17) is 5.14 Å². The van der Waals surface area contributed by atoms with Crippen LogP contribution in [0.4, 0.5) is 0 Å². The molecule has 1 saturated heterocycles. The van der Waals surface area contributed by atoms with E-state index < -0.39 is 10.0 Å². The Bertz CT molecular complexity index is 1070. The molecule has 0 unspecified atom stereocenters. The summed E-state index contributed by atoms with van der Waals surface area (Å²) in [5.41, 5.74) is 3.91. The van der Waals surface area contributed by atoms with Gasteiger partial charge in [0.2, 0.25) is 15.9 Å². The molecule has 3 N–H and O–H groups in total. The average Bonchev–Trinajstić information content (AvgIpc) is 2.73. The quantitative estimate of drug-likeness (QED) is 0.591. The first-order valence-corrected chi connectivity index (χ1v) is 12.4. The van der Waals surface area contributed by atoms with Crippen molar-refractivity contribution in [2.75, 3.05) is 26.2 Å². The van der Waals surface area contributed by atoms with Crippen LogP contribution in [0.5, 0.6) is 0 Å². The molecular weight excluding hydrogens is 426 g/mol. The number of benzene rings is 2. The predicted octanol–water partition coefficient (Wildman–Crippen LogP) is 2.20. The molecular formula is C24H31N3O4S. The molecule has 1 aliphatic heterocycles. The fraction of sp³-hybridized carbons (Fsp3) is 0.417. The van der Waals surface area contributed by atoms with Gasteiger partial charge in [0.25, 0.3) is 0 Å². The van der Waals surface area contributed by atoms with E-state index in [-0.39, 0.29) is 22.5 Å². The molecule has 2 aromatic rings. The number of piperidine rings is 1. The highest BCUT2D eigenvalue weighted by Crippen LogP contribution is 2.23. The zero-order valence-electron chi connectivity index (χ0n) is 18.6. The maximum atomic E-state index is 12.9. The van der Waals surface area contributed by atoms with Crippen LogP contribution >= 0.6 is 0 Å². The number of ketones is 1. The average molecular weight is 458 g/mol. The van der Waals surface area contributed by atoms with E-state index in [1.165, 1.54) is 12.1 Å². The molecule has 1 heterocycles. The van der Waals surface area contributed by atoms with E-state index in [9.17, 15) is 18.0 Å². The maximum Gasteiger partial charge on any atom is 0.238 e. The van der Waals surface area contributed by atoms with Gasteiger partial charge in [-0.3, -0.25) is 14.5 Å². The summed E-state index contributed by atoms with van der Waals surface area (Å²) in [6.07, 6.45) is 2.12. The van der Waals surface area contributed by atoms with Crippen LogP contribution in [0, 0.1) is 19.8 Å². The number of aryl methyl sites for hydroxylation is 2. The minimum absolute atomic E-state index is 0.0102. The minimum Gasteiger partial charge on any atom is -0.355 e. The Morgan fingerprint density at radius 2 is 1.72 bits per heavy atom. The van der Waals surface area contributed by atoms with Crippen molar-refractivity contribution in [2.45, 2.75) is 38.0 Å². The first-order chi connectivity index (χ1) is 15.1. The normalized spacial score (nSPS) is 15.5. The highest BCUT2D eigenvalue weighted by Gasteiger charge is 2.27. The predicted molar refractivity (Wildman–Crippen MR) is 124 cm³/mol. The zero-order chi connectivity index (χ0) is 23.3. The third-order valence-corrected chi connectivity index (χ3v) is 6.89. The minimum atomic E-state index is -3.70. The van der Waals surface area contributed by atoms with Crippen molar-refractivity contribution < 1.29 is 18.0 Å². The van der Waals surface area contributed by atoms with Gasteiger partial charge in [0.15, 0.2) is 5.78 Å². The number of hydrogen-bond donors (Lipinski definition) is 2. The Kier molecular flexibility index (Phi) is 7.82. The molecule has 0 radical (unpaired) electrons. The number of hydrogen-bond acceptors (Lipinski definition) is 5. The lowest BCUT2D eigenvalue weighted by molar-refractivity contribution is -0.122. The molecule has 8 heteroatoms. The number of rotatable bonds is 8. The SMILES string of the molecule is Cc1ccc(C(=O)C2CCN(CC(=O)NCCc3ccc(S(N)(=O)=O)cc3)CC2)c(C)c1. The van der Waals surface area contributed by atoms with E-state index in [0.29, 0.717) is 19.5 Å². The first kappa shape index (κ1) is 24.1. The number of carbonyl (C=O) groups is 2. The van der Waals surface area contributed by atoms with Gasteiger partial charge in [0, 0.05) is 18.0 Å². The van der Waals surface area contributed by atoms with E-state index in [2.05, 4.69) is 10.2 Å². The van der Waals surface area contributed by atoms with Crippen LogP contribution in [0.2, 0.25) is 0 Å². The van der Waals surface area contributed by atoms with Crippen LogP contribution in [0.3, 0.4) is 0 Å². The number of Topliss-reactive ketones (excluding diaryl/α,β-unsaturated/α-hetero) is 1. The molecule has 0 atom stereocenters. The lowest BCUT2D eigenvalue weighted by Crippen LogP contribution is -2.43. The Morgan fingerprint density at radius 3 is 2.31 bits per heavy atom. The third kappa shape index (κ3) is 6.48. The summed E-state index contributed by atoms with van der Waals surface area (Å²) in [4.78, 5) is 27.3. The van der Waals surface area contributed by atoms with Crippen LogP contribution in [-0.2, 0) is 21.2 Å². The molecule has 2 aromatic carbocycles. The number of nitrogens with two attached hydrogens (primary N) is 1. The van der Waals surface area contributed by atoms with Gasteiger partial charge >= 0.3 is 0 Å². The number of sulfonamides is 1. The van der Waals surface area contributed by atoms with Gasteiger partial charge in [0.05, 0.1) is 11.4 Å². The van der Waals surface area contributed by atoms with Gasteiger partial charge < -0.3 is 5.32 Å². The molecule has 1 amide bonds. The van der Waals surface area contributed by atoms with Crippen LogP contribution in [0.25, 0.3) is 0 Å². The van der Waals surface area contributed by atoms with E-state index in [1.54, 1.807) is 12.1 Å². The Morgan fingerprint density at radius 1 is 1.06 bits per heavy atom. The molecule has 0 aromatic heterocycles. The van der Waals surface area contributed by atoms with Crippen molar-refractivity contribution in [2.24, 2.45) is 11.1 Å². The molecule has 1 fully saturated rings. The fourth-order valence-corrected chi connectivity index (χ4v) is 4.63. The summed E-state index contributed by atoms with van der Waals surface area (Å²) in [7, 11) is -3.70. The van der Waals surface area contributed by atoms with Crippen molar-refractivity contribution in [3.8, 4) is 0 Å². The number of likely N-dealkylation sites (tertiary alicyclic amines) is 1. The standard InChI is InChI=1S/C24H31N3O4S/c1-17-3-8-22(18(2)15-17)24(29)20-10-13-27(14-11-20)16-23(28)26-12-9-19-4-6-21(7-5-19)32(25,30)31/h3-8,15,20H,9-14,16H2,1-2H3,(H,26,28)(H2,25,30,31). The Balaban J connectivity index is 1.40. The largest absolute Gasteiger partial charge is 0.355 e. The molecule has 32 heavy (non-hydrogen) atoms. The molecule has 3 rings (SSSR count). The summed E-state index contributed by atoms with van der Waals surface area (Å²) >= 11 is 0. The second kappa shape index (κ2) is 10.4. The third-order valence-electron chi connectivity index (χ3n) is 5.96. The zero-order valence-corrected chi connectivity index (χ0v) is 19.5. The van der Waals surface area contributed by atoms with Crippen molar-refractivity contribution in [1.82, 2.24) is 10.2 Å². The van der Waals surface area contributed by atoms with Crippen LogP contribution in [0.15, 0.2) is 47.4 Å². The second-order valence-electron chi connectivity index (χ2n) is 8.52. The molecule has 0 bridgehead atoms. The van der Waals surface area contributed by atoms with Crippen molar-refractivity contribution in [3.05, 3.63) is 64.7 Å². The van der Waals surface area contributed by atoms with Gasteiger partial charge in [-0.2, -0.15) is 0 Å². The topological polar surface area (TPSA) is 110 Å². The summed E-state index contributed by atoms with van der Waals surface area (Å²) in [5.74, 6) is 0.168. The van der Waals surface area contributed by atoms with Crippen LogP contribution in [0.1, 0.15) is 39.9 Å². The van der Waals surface area contributed by atoms with Crippen LogP contribution in [-0.4, -0.2) is 51.2 Å². The summed E-state index contributed by atoms with van der Waals surface area (Å²) in [6.45, 7) is 6.24. The summed E-state index contributed by atoms with van der Waals surface area (Å²) in [6, 6.07) is 12.3. The Labute approximate surface area is 190 Å². The molecule has 7 nitrogen and oxygen atoms in total. The van der Waals surface area contributed by atoms with E-state index in [0.717, 1.165) is 48.2 Å². The molecule has 0 spiro atoms. The lowest BCUT2D eigenvalue weighted by Gasteiger charge is -2.31. The van der Waals surface area contributed by atoms with E-state index in [1.807, 2.05) is 32.0 Å². The van der Waals surface area contributed by atoms with Crippen molar-refractivity contribution in [1.29, 1.82) is 0 Å². The second-order valence-corrected chi connectivity index (χ2v) is 10.1. The Hall–Kier alpha value is -2.55. The lowest BCUT2D eigenvalue weighted by atomic mass is 9.87. The molecule has 0 saturated carbocycles. The molecule has 1 aliphatic rings. The van der Waals surface area contributed by atoms with Gasteiger partial charge in [0.1, 0.15) is 0 Å². The number of nitrogens with one attached hydrogen (secondary N) is 1. The highest BCUT2D eigenvalue weighted by atomic mass is 32.2. The maximum absolute atomic E-state index is 12.9. The number of amides is 1. The monoisotopic (exact) mass is 457 g/mol. The summed E-state index contributed by atoms with van der Waals surface area (Å²) < 4.78 is 22.6. The van der Waals surface area contributed by atoms with Crippen molar-refractivity contribution in [3.63, 3.8) is 0 Å².